The Morgan fingerprint density at radius 3 is 2.41 bits per heavy atom. The highest BCUT2D eigenvalue weighted by atomic mass is 32.2. The summed E-state index contributed by atoms with van der Waals surface area (Å²) in [4.78, 5) is 9.55. The Bertz CT molecular complexity index is 559. The molecule has 1 amide bonds. The molecule has 0 atom stereocenters. The zero-order chi connectivity index (χ0) is 13.2. The highest BCUT2D eigenvalue weighted by Gasteiger charge is 2.21. The van der Waals surface area contributed by atoms with Gasteiger partial charge < -0.3 is 11.5 Å². The average Bonchev–Trinajstić information content (AvgIpc) is 2.20. The molecule has 0 bridgehead atoms. The Labute approximate surface area is 95.6 Å². The average molecular weight is 265 g/mol. The third-order valence-corrected chi connectivity index (χ3v) is 3.19. The van der Waals surface area contributed by atoms with Gasteiger partial charge in [-0.2, -0.15) is 0 Å². The van der Waals surface area contributed by atoms with E-state index in [1.165, 1.54) is 0 Å². The number of carbonyl (C=O) groups excluding carboxylic acids is 1. The monoisotopic (exact) mass is 265 g/mol. The lowest BCUT2D eigenvalue weighted by Gasteiger charge is -2.07. The predicted molar refractivity (Wildman–Crippen MR) is 55.2 cm³/mol. The van der Waals surface area contributed by atoms with Crippen LogP contribution < -0.4 is 16.2 Å². The first-order valence-corrected chi connectivity index (χ1v) is 5.75. The molecule has 0 radical (unpaired) electrons. The number of amides is 1. The summed E-state index contributed by atoms with van der Waals surface area (Å²) in [6.07, 6.45) is 0. The van der Waals surface area contributed by atoms with Crippen molar-refractivity contribution in [2.75, 3.05) is 12.3 Å². The van der Waals surface area contributed by atoms with Gasteiger partial charge in [-0.05, 0) is 6.07 Å². The van der Waals surface area contributed by atoms with Crippen molar-refractivity contribution in [1.29, 1.82) is 0 Å². The van der Waals surface area contributed by atoms with Crippen LogP contribution in [0.3, 0.4) is 0 Å². The van der Waals surface area contributed by atoms with Gasteiger partial charge >= 0.3 is 0 Å². The van der Waals surface area contributed by atoms with Crippen molar-refractivity contribution in [3.8, 4) is 0 Å². The number of hydrogen-bond donors (Lipinski definition) is 3. The first-order chi connectivity index (χ1) is 7.74. The van der Waals surface area contributed by atoms with Gasteiger partial charge in [-0.25, -0.2) is 21.9 Å². The van der Waals surface area contributed by atoms with E-state index in [-0.39, 0.29) is 0 Å². The molecule has 1 aromatic carbocycles. The molecule has 0 aliphatic carbocycles. The van der Waals surface area contributed by atoms with Gasteiger partial charge in [0.15, 0.2) is 0 Å². The molecule has 0 saturated carbocycles. The van der Waals surface area contributed by atoms with Crippen LogP contribution in [0.15, 0.2) is 17.0 Å². The summed E-state index contributed by atoms with van der Waals surface area (Å²) in [5.41, 5.74) is 9.32. The third kappa shape index (κ3) is 3.11. The van der Waals surface area contributed by atoms with E-state index in [2.05, 4.69) is 0 Å². The summed E-state index contributed by atoms with van der Waals surface area (Å²) in [5.74, 6) is -3.32. The van der Waals surface area contributed by atoms with E-state index in [9.17, 15) is 22.0 Å². The Kier molecular flexibility index (Phi) is 3.63. The minimum atomic E-state index is -4.30. The number of nitrogens with one attached hydrogen (secondary N) is 1. The zero-order valence-corrected chi connectivity index (χ0v) is 9.22. The maximum Gasteiger partial charge on any atom is 0.244 e. The summed E-state index contributed by atoms with van der Waals surface area (Å²) in [5, 5.41) is 0. The second kappa shape index (κ2) is 4.63. The largest absolute Gasteiger partial charge is 0.396 e. The third-order valence-electron chi connectivity index (χ3n) is 1.78. The number of carbonyl (C=O) groups is 1. The van der Waals surface area contributed by atoms with Gasteiger partial charge in [0.2, 0.25) is 15.9 Å². The minimum Gasteiger partial charge on any atom is -0.396 e. The first kappa shape index (κ1) is 13.3. The topological polar surface area (TPSA) is 115 Å². The zero-order valence-electron chi connectivity index (χ0n) is 8.41. The Morgan fingerprint density at radius 1 is 1.29 bits per heavy atom. The van der Waals surface area contributed by atoms with E-state index in [1.54, 1.807) is 4.72 Å². The van der Waals surface area contributed by atoms with E-state index in [0.717, 1.165) is 0 Å². The van der Waals surface area contributed by atoms with Crippen molar-refractivity contribution in [1.82, 2.24) is 4.72 Å². The number of hydrogen-bond acceptors (Lipinski definition) is 4. The van der Waals surface area contributed by atoms with Crippen LogP contribution >= 0.6 is 0 Å². The van der Waals surface area contributed by atoms with Crippen molar-refractivity contribution in [3.05, 3.63) is 23.8 Å². The number of anilines is 1. The van der Waals surface area contributed by atoms with Gasteiger partial charge in [-0.3, -0.25) is 4.79 Å². The molecule has 9 heteroatoms. The number of sulfonamides is 1. The molecule has 5 N–H and O–H groups in total. The normalized spacial score (nSPS) is 11.4. The summed E-state index contributed by atoms with van der Waals surface area (Å²) < 4.78 is 50.7. The van der Waals surface area contributed by atoms with Crippen molar-refractivity contribution in [2.45, 2.75) is 4.90 Å². The van der Waals surface area contributed by atoms with E-state index in [0.29, 0.717) is 12.1 Å². The number of halogens is 2. The van der Waals surface area contributed by atoms with Gasteiger partial charge in [0, 0.05) is 6.07 Å². The van der Waals surface area contributed by atoms with E-state index in [4.69, 9.17) is 11.5 Å². The predicted octanol–water partition coefficient (Wildman–Crippen LogP) is -0.689. The standard InChI is InChI=1S/C8H9F2N3O3S/c9-4-1-5(10)7(2-6(4)11)17(15,16)13-3-8(12)14/h1-2,13H,3,11H2,(H2,12,14). The molecule has 1 rings (SSSR count). The number of rotatable bonds is 4. The molecule has 0 aliphatic rings. The Balaban J connectivity index is 3.15. The SMILES string of the molecule is NC(=O)CNS(=O)(=O)c1cc(N)c(F)cc1F. The molecule has 1 aromatic rings. The van der Waals surface area contributed by atoms with Crippen LogP contribution in [0.2, 0.25) is 0 Å². The maximum absolute atomic E-state index is 13.2. The van der Waals surface area contributed by atoms with Crippen LogP contribution in [0, 0.1) is 11.6 Å². The second-order valence-electron chi connectivity index (χ2n) is 3.10. The van der Waals surface area contributed by atoms with Crippen LogP contribution in [-0.4, -0.2) is 20.9 Å². The fourth-order valence-corrected chi connectivity index (χ4v) is 2.08. The fraction of sp³-hybridized carbons (Fsp3) is 0.125. The van der Waals surface area contributed by atoms with Crippen LogP contribution in [0.5, 0.6) is 0 Å². The number of benzene rings is 1. The summed E-state index contributed by atoms with van der Waals surface area (Å²) in [7, 11) is -4.30. The van der Waals surface area contributed by atoms with E-state index >= 15 is 0 Å². The van der Waals surface area contributed by atoms with Crippen molar-refractivity contribution >= 4 is 21.6 Å². The first-order valence-electron chi connectivity index (χ1n) is 4.26. The molecule has 0 saturated heterocycles. The number of primary amides is 1. The molecule has 0 heterocycles. The van der Waals surface area contributed by atoms with Crippen LogP contribution in [0.1, 0.15) is 0 Å². The van der Waals surface area contributed by atoms with Gasteiger partial charge in [0.05, 0.1) is 12.2 Å². The highest BCUT2D eigenvalue weighted by Crippen LogP contribution is 2.20. The van der Waals surface area contributed by atoms with Crippen molar-refractivity contribution in [2.24, 2.45) is 5.73 Å². The van der Waals surface area contributed by atoms with E-state index < -0.39 is 44.7 Å². The highest BCUT2D eigenvalue weighted by molar-refractivity contribution is 7.89. The molecule has 0 fully saturated rings. The lowest BCUT2D eigenvalue weighted by molar-refractivity contribution is -0.116. The fourth-order valence-electron chi connectivity index (χ4n) is 0.995. The summed E-state index contributed by atoms with van der Waals surface area (Å²) in [6.45, 7) is -0.695. The Morgan fingerprint density at radius 2 is 1.88 bits per heavy atom. The lowest BCUT2D eigenvalue weighted by Crippen LogP contribution is -2.33. The minimum absolute atomic E-state index is 0.341. The quantitative estimate of drug-likeness (QED) is 0.625. The lowest BCUT2D eigenvalue weighted by atomic mass is 10.3. The van der Waals surface area contributed by atoms with Crippen molar-refractivity contribution in [3.63, 3.8) is 0 Å². The molecule has 0 spiro atoms. The second-order valence-corrected chi connectivity index (χ2v) is 4.83. The van der Waals surface area contributed by atoms with Gasteiger partial charge in [0.25, 0.3) is 0 Å². The molecule has 0 unspecified atom stereocenters. The Hall–Kier alpha value is -1.74. The summed E-state index contributed by atoms with van der Waals surface area (Å²) in [6, 6.07) is 0.960. The molecular formula is C8H9F2N3O3S. The maximum atomic E-state index is 13.2. The molecule has 6 nitrogen and oxygen atoms in total. The molecule has 0 aromatic heterocycles. The smallest absolute Gasteiger partial charge is 0.244 e. The molecule has 17 heavy (non-hydrogen) atoms. The van der Waals surface area contributed by atoms with Crippen molar-refractivity contribution < 1.29 is 22.0 Å². The summed E-state index contributed by atoms with van der Waals surface area (Å²) >= 11 is 0. The number of nitrogen functional groups attached to an aromatic ring is 1. The number of nitrogens with two attached hydrogens (primary N) is 2. The van der Waals surface area contributed by atoms with E-state index in [1.807, 2.05) is 0 Å². The van der Waals surface area contributed by atoms with Gasteiger partial charge in [0.1, 0.15) is 16.5 Å². The van der Waals surface area contributed by atoms with Gasteiger partial charge in [-0.15, -0.1) is 0 Å². The van der Waals surface area contributed by atoms with Crippen LogP contribution in [-0.2, 0) is 14.8 Å². The molecule has 94 valence electrons. The van der Waals surface area contributed by atoms with Crippen LogP contribution in [0.25, 0.3) is 0 Å². The molecule has 0 aliphatic heterocycles. The van der Waals surface area contributed by atoms with Gasteiger partial charge in [-0.1, -0.05) is 0 Å². The van der Waals surface area contributed by atoms with Crippen LogP contribution in [0.4, 0.5) is 14.5 Å². The molecular weight excluding hydrogens is 256 g/mol.